The van der Waals surface area contributed by atoms with Crippen LogP contribution in [0.4, 0.5) is 5.69 Å². The zero-order valence-corrected chi connectivity index (χ0v) is 26.4. The molecule has 0 fully saturated rings. The Kier molecular flexibility index (Phi) is 10.9. The summed E-state index contributed by atoms with van der Waals surface area (Å²) < 4.78 is 34.6. The molecule has 3 rings (SSSR count). The molecule has 0 heterocycles. The van der Waals surface area contributed by atoms with Crippen molar-refractivity contribution in [2.45, 2.75) is 38.3 Å². The predicted octanol–water partition coefficient (Wildman–Crippen LogP) is 5.82. The van der Waals surface area contributed by atoms with Gasteiger partial charge in [0.1, 0.15) is 18.3 Å². The van der Waals surface area contributed by atoms with E-state index in [9.17, 15) is 18.0 Å². The average molecular weight is 671 g/mol. The number of anilines is 1. The standard InChI is InChI=1S/C28H30BrCl2N3O5S/c1-5-32-28(36)19(3)33(16-20-8-12-24(30)25(31)14-20)27(35)17-34(21-9-6-18(2)7-10-21)40(37,38)22-11-13-26(39-4)23(29)15-22/h6-15,19H,5,16-17H2,1-4H3,(H,32,36). The highest BCUT2D eigenvalue weighted by atomic mass is 79.9. The van der Waals surface area contributed by atoms with Crippen molar-refractivity contribution in [1.29, 1.82) is 0 Å². The summed E-state index contributed by atoms with van der Waals surface area (Å²) >= 11 is 15.6. The second-order valence-corrected chi connectivity index (χ2v) is 12.5. The summed E-state index contributed by atoms with van der Waals surface area (Å²) in [6, 6.07) is 15.2. The summed E-state index contributed by atoms with van der Waals surface area (Å²) in [7, 11) is -2.75. The minimum atomic E-state index is -4.22. The van der Waals surface area contributed by atoms with Gasteiger partial charge in [0.25, 0.3) is 10.0 Å². The number of nitrogens with one attached hydrogen (secondary N) is 1. The fourth-order valence-electron chi connectivity index (χ4n) is 3.91. The van der Waals surface area contributed by atoms with E-state index < -0.39 is 28.5 Å². The van der Waals surface area contributed by atoms with Crippen molar-refractivity contribution in [3.05, 3.63) is 86.3 Å². The first kappa shape index (κ1) is 31.7. The maximum absolute atomic E-state index is 14.0. The van der Waals surface area contributed by atoms with Crippen LogP contribution in [0.1, 0.15) is 25.0 Å². The molecule has 0 aliphatic heterocycles. The van der Waals surface area contributed by atoms with Crippen molar-refractivity contribution in [3.8, 4) is 5.75 Å². The molecule has 1 atom stereocenters. The van der Waals surface area contributed by atoms with Gasteiger partial charge in [-0.15, -0.1) is 0 Å². The van der Waals surface area contributed by atoms with Gasteiger partial charge in [0.2, 0.25) is 11.8 Å². The lowest BCUT2D eigenvalue weighted by Crippen LogP contribution is -2.51. The molecule has 0 aromatic heterocycles. The lowest BCUT2D eigenvalue weighted by Gasteiger charge is -2.32. The number of likely N-dealkylation sites (N-methyl/N-ethyl adjacent to an activating group) is 1. The highest BCUT2D eigenvalue weighted by Gasteiger charge is 2.32. The third-order valence-electron chi connectivity index (χ3n) is 6.17. The third-order valence-corrected chi connectivity index (χ3v) is 9.30. The normalized spacial score (nSPS) is 12.0. The summed E-state index contributed by atoms with van der Waals surface area (Å²) in [4.78, 5) is 28.0. The smallest absolute Gasteiger partial charge is 0.264 e. The Labute approximate surface area is 253 Å². The van der Waals surface area contributed by atoms with E-state index in [1.54, 1.807) is 56.3 Å². The number of amides is 2. The fourth-order valence-corrected chi connectivity index (χ4v) is 6.37. The van der Waals surface area contributed by atoms with Crippen LogP contribution < -0.4 is 14.4 Å². The maximum Gasteiger partial charge on any atom is 0.264 e. The average Bonchev–Trinajstić information content (AvgIpc) is 2.92. The number of nitrogens with zero attached hydrogens (tertiary/aromatic N) is 2. The van der Waals surface area contributed by atoms with Crippen molar-refractivity contribution in [3.63, 3.8) is 0 Å². The molecule has 0 spiro atoms. The van der Waals surface area contributed by atoms with Crippen LogP contribution >= 0.6 is 39.1 Å². The molecule has 0 aliphatic rings. The first-order chi connectivity index (χ1) is 18.9. The Balaban J connectivity index is 2.06. The summed E-state index contributed by atoms with van der Waals surface area (Å²) in [5.41, 5.74) is 1.85. The first-order valence-electron chi connectivity index (χ1n) is 12.3. The number of ether oxygens (including phenoxy) is 1. The van der Waals surface area contributed by atoms with Crippen LogP contribution in [0.25, 0.3) is 0 Å². The van der Waals surface area contributed by atoms with E-state index in [1.807, 2.05) is 6.92 Å². The molecule has 1 unspecified atom stereocenters. The number of carbonyl (C=O) groups is 2. The van der Waals surface area contributed by atoms with Crippen LogP contribution in [0.3, 0.4) is 0 Å². The van der Waals surface area contributed by atoms with Gasteiger partial charge in [-0.1, -0.05) is 47.0 Å². The van der Waals surface area contributed by atoms with Gasteiger partial charge in [-0.05, 0) is 84.7 Å². The fraction of sp³-hybridized carbons (Fsp3) is 0.286. The molecule has 2 amide bonds. The minimum Gasteiger partial charge on any atom is -0.496 e. The van der Waals surface area contributed by atoms with Crippen LogP contribution in [-0.2, 0) is 26.2 Å². The molecule has 1 N–H and O–H groups in total. The Morgan fingerprint density at radius 3 is 2.27 bits per heavy atom. The number of rotatable bonds is 11. The Bertz CT molecular complexity index is 1490. The van der Waals surface area contributed by atoms with Gasteiger partial charge < -0.3 is 15.0 Å². The van der Waals surface area contributed by atoms with Crippen molar-refractivity contribution in [1.82, 2.24) is 10.2 Å². The number of methoxy groups -OCH3 is 1. The summed E-state index contributed by atoms with van der Waals surface area (Å²) in [6.45, 7) is 5.06. The summed E-state index contributed by atoms with van der Waals surface area (Å²) in [5, 5.41) is 3.37. The van der Waals surface area contributed by atoms with Gasteiger partial charge >= 0.3 is 0 Å². The maximum atomic E-state index is 14.0. The van der Waals surface area contributed by atoms with Gasteiger partial charge in [-0.2, -0.15) is 0 Å². The number of benzene rings is 3. The second kappa shape index (κ2) is 13.7. The van der Waals surface area contributed by atoms with E-state index >= 15 is 0 Å². The van der Waals surface area contributed by atoms with Crippen LogP contribution in [-0.4, -0.2) is 51.4 Å². The summed E-state index contributed by atoms with van der Waals surface area (Å²) in [6.07, 6.45) is 0. The van der Waals surface area contributed by atoms with Gasteiger partial charge in [-0.25, -0.2) is 8.42 Å². The van der Waals surface area contributed by atoms with E-state index in [0.29, 0.717) is 38.1 Å². The second-order valence-electron chi connectivity index (χ2n) is 8.98. The topological polar surface area (TPSA) is 96.0 Å². The Morgan fingerprint density at radius 1 is 1.02 bits per heavy atom. The quantitative estimate of drug-likeness (QED) is 0.277. The molecule has 3 aromatic carbocycles. The number of hydrogen-bond donors (Lipinski definition) is 1. The van der Waals surface area contributed by atoms with Gasteiger partial charge in [0, 0.05) is 13.1 Å². The molecular weight excluding hydrogens is 641 g/mol. The van der Waals surface area contributed by atoms with Crippen molar-refractivity contribution >= 4 is 66.7 Å². The number of carbonyl (C=O) groups excluding carboxylic acids is 2. The molecule has 0 saturated heterocycles. The summed E-state index contributed by atoms with van der Waals surface area (Å²) in [5.74, 6) is -0.498. The number of sulfonamides is 1. The molecule has 0 saturated carbocycles. The molecular formula is C28H30BrCl2N3O5S. The van der Waals surface area contributed by atoms with Crippen molar-refractivity contribution < 1.29 is 22.7 Å². The van der Waals surface area contributed by atoms with E-state index in [1.165, 1.54) is 30.2 Å². The molecule has 0 aliphatic carbocycles. The predicted molar refractivity (Wildman–Crippen MR) is 162 cm³/mol. The number of halogens is 3. The third kappa shape index (κ3) is 7.48. The van der Waals surface area contributed by atoms with Crippen LogP contribution in [0, 0.1) is 6.92 Å². The minimum absolute atomic E-state index is 0.00386. The molecule has 40 heavy (non-hydrogen) atoms. The highest BCUT2D eigenvalue weighted by molar-refractivity contribution is 9.10. The molecule has 0 bridgehead atoms. The van der Waals surface area contributed by atoms with Gasteiger partial charge in [0.15, 0.2) is 0 Å². The molecule has 3 aromatic rings. The van der Waals surface area contributed by atoms with E-state index in [-0.39, 0.29) is 17.3 Å². The van der Waals surface area contributed by atoms with Gasteiger partial charge in [-0.3, -0.25) is 13.9 Å². The molecule has 0 radical (unpaired) electrons. The van der Waals surface area contributed by atoms with Crippen molar-refractivity contribution in [2.75, 3.05) is 24.5 Å². The largest absolute Gasteiger partial charge is 0.496 e. The molecule has 12 heteroatoms. The van der Waals surface area contributed by atoms with E-state index in [2.05, 4.69) is 21.2 Å². The molecule has 214 valence electrons. The van der Waals surface area contributed by atoms with Gasteiger partial charge in [0.05, 0.1) is 32.2 Å². The highest BCUT2D eigenvalue weighted by Crippen LogP contribution is 2.31. The van der Waals surface area contributed by atoms with Crippen LogP contribution in [0.2, 0.25) is 10.0 Å². The van der Waals surface area contributed by atoms with Crippen LogP contribution in [0.5, 0.6) is 5.75 Å². The van der Waals surface area contributed by atoms with Crippen LogP contribution in [0.15, 0.2) is 70.0 Å². The Hall–Kier alpha value is -2.79. The zero-order valence-electron chi connectivity index (χ0n) is 22.4. The molecule has 8 nitrogen and oxygen atoms in total. The number of hydrogen-bond acceptors (Lipinski definition) is 5. The SMILES string of the molecule is CCNC(=O)C(C)N(Cc1ccc(Cl)c(Cl)c1)C(=O)CN(c1ccc(C)cc1)S(=O)(=O)c1ccc(OC)c(Br)c1. The lowest BCUT2D eigenvalue weighted by atomic mass is 10.1. The monoisotopic (exact) mass is 669 g/mol. The lowest BCUT2D eigenvalue weighted by molar-refractivity contribution is -0.139. The Morgan fingerprint density at radius 2 is 1.70 bits per heavy atom. The first-order valence-corrected chi connectivity index (χ1v) is 15.3. The van der Waals surface area contributed by atoms with Crippen molar-refractivity contribution in [2.24, 2.45) is 0 Å². The number of aryl methyl sites for hydroxylation is 1. The zero-order chi connectivity index (χ0) is 29.6. The van der Waals surface area contributed by atoms with E-state index in [0.717, 1.165) is 9.87 Å². The van der Waals surface area contributed by atoms with E-state index in [4.69, 9.17) is 27.9 Å².